The van der Waals surface area contributed by atoms with Crippen molar-refractivity contribution >= 4 is 38.8 Å². The average molecular weight is 497 g/mol. The van der Waals surface area contributed by atoms with Crippen LogP contribution in [0.4, 0.5) is 26.0 Å². The van der Waals surface area contributed by atoms with Gasteiger partial charge in [0, 0.05) is 48.8 Å². The molecule has 12 heteroatoms. The lowest BCUT2D eigenvalue weighted by atomic mass is 10.1. The highest BCUT2D eigenvalue weighted by atomic mass is 35.5. The summed E-state index contributed by atoms with van der Waals surface area (Å²) in [4.78, 5) is 6.65. The van der Waals surface area contributed by atoms with E-state index in [2.05, 4.69) is 30.6 Å². The standard InChI is InChI=1S/C21H23ClF2N6O2S/c1-2-25-5-7-27-18-9-15(22)4-3-14(18)12-29-19-10-17(24)20(11-16(19)23)33(31,32)30-21-13-26-6-8-28-21/h3-4,6,8-11,13,25,27,29H,2,5,7,12H2,1H3,(H,28,30). The molecule has 3 rings (SSSR count). The lowest BCUT2D eigenvalue weighted by Gasteiger charge is -2.15. The minimum Gasteiger partial charge on any atom is -0.383 e. The van der Waals surface area contributed by atoms with Crippen molar-refractivity contribution in [1.82, 2.24) is 15.3 Å². The molecule has 0 aliphatic heterocycles. The van der Waals surface area contributed by atoms with Crippen molar-refractivity contribution in [1.29, 1.82) is 0 Å². The van der Waals surface area contributed by atoms with Gasteiger partial charge in [-0.2, -0.15) is 0 Å². The predicted molar refractivity (Wildman–Crippen MR) is 125 cm³/mol. The summed E-state index contributed by atoms with van der Waals surface area (Å²) < 4.78 is 56.3. The van der Waals surface area contributed by atoms with Crippen molar-refractivity contribution < 1.29 is 17.2 Å². The summed E-state index contributed by atoms with van der Waals surface area (Å²) in [5.41, 5.74) is 1.34. The molecule has 0 fully saturated rings. The fourth-order valence-corrected chi connectivity index (χ4v) is 4.17. The summed E-state index contributed by atoms with van der Waals surface area (Å²) in [7, 11) is -4.40. The number of likely N-dealkylation sites (N-methyl/N-ethyl adjacent to an activating group) is 1. The molecule has 0 saturated carbocycles. The monoisotopic (exact) mass is 496 g/mol. The van der Waals surface area contributed by atoms with Crippen LogP contribution in [-0.4, -0.2) is 38.0 Å². The summed E-state index contributed by atoms with van der Waals surface area (Å²) in [6, 6.07) is 6.62. The first kappa shape index (κ1) is 24.6. The SMILES string of the molecule is CCNCCNc1cc(Cl)ccc1CNc1cc(F)c(S(=O)(=O)Nc2cnccn2)cc1F. The zero-order valence-corrected chi connectivity index (χ0v) is 19.3. The van der Waals surface area contributed by atoms with E-state index in [-0.39, 0.29) is 18.1 Å². The zero-order chi connectivity index (χ0) is 23.8. The molecule has 0 spiro atoms. The first-order valence-electron chi connectivity index (χ1n) is 10.0. The highest BCUT2D eigenvalue weighted by molar-refractivity contribution is 7.92. The molecule has 0 atom stereocenters. The quantitative estimate of drug-likeness (QED) is 0.299. The third kappa shape index (κ3) is 6.73. The van der Waals surface area contributed by atoms with Crippen LogP contribution in [0.2, 0.25) is 5.02 Å². The fourth-order valence-electron chi connectivity index (χ4n) is 2.93. The Morgan fingerprint density at radius 3 is 2.55 bits per heavy atom. The van der Waals surface area contributed by atoms with E-state index in [4.69, 9.17) is 11.6 Å². The summed E-state index contributed by atoms with van der Waals surface area (Å²) in [6.07, 6.45) is 3.77. The third-order valence-electron chi connectivity index (χ3n) is 4.52. The highest BCUT2D eigenvalue weighted by Gasteiger charge is 2.23. The largest absolute Gasteiger partial charge is 0.383 e. The maximum atomic E-state index is 14.7. The number of hydrogen-bond donors (Lipinski definition) is 4. The van der Waals surface area contributed by atoms with E-state index in [1.165, 1.54) is 12.4 Å². The van der Waals surface area contributed by atoms with Gasteiger partial charge in [0.05, 0.1) is 11.9 Å². The van der Waals surface area contributed by atoms with Crippen LogP contribution in [0.25, 0.3) is 0 Å². The number of sulfonamides is 1. The molecule has 0 unspecified atom stereocenters. The Kier molecular flexibility index (Phi) is 8.37. The molecule has 1 aromatic heterocycles. The molecule has 0 radical (unpaired) electrons. The Labute approximate surface area is 195 Å². The summed E-state index contributed by atoms with van der Waals surface area (Å²) in [5, 5.41) is 9.79. The van der Waals surface area contributed by atoms with Crippen molar-refractivity contribution in [3.63, 3.8) is 0 Å². The molecule has 3 aromatic rings. The van der Waals surface area contributed by atoms with Gasteiger partial charge < -0.3 is 16.0 Å². The van der Waals surface area contributed by atoms with Gasteiger partial charge in [-0.15, -0.1) is 0 Å². The van der Waals surface area contributed by atoms with Gasteiger partial charge in [0.25, 0.3) is 10.0 Å². The Bertz CT molecular complexity index is 1200. The normalized spacial score (nSPS) is 11.3. The highest BCUT2D eigenvalue weighted by Crippen LogP contribution is 2.26. The first-order chi connectivity index (χ1) is 15.8. The van der Waals surface area contributed by atoms with Gasteiger partial charge in [0.1, 0.15) is 16.5 Å². The molecule has 33 heavy (non-hydrogen) atoms. The van der Waals surface area contributed by atoms with E-state index in [0.717, 1.165) is 36.6 Å². The predicted octanol–water partition coefficient (Wildman–Crippen LogP) is 3.84. The topological polar surface area (TPSA) is 108 Å². The fraction of sp³-hybridized carbons (Fsp3) is 0.238. The Morgan fingerprint density at radius 2 is 1.82 bits per heavy atom. The lowest BCUT2D eigenvalue weighted by molar-refractivity contribution is 0.557. The number of hydrogen-bond acceptors (Lipinski definition) is 7. The molecule has 0 aliphatic rings. The van der Waals surface area contributed by atoms with Crippen LogP contribution in [0.3, 0.4) is 0 Å². The molecule has 0 aliphatic carbocycles. The average Bonchev–Trinajstić information content (AvgIpc) is 2.78. The number of rotatable bonds is 11. The molecular weight excluding hydrogens is 474 g/mol. The number of halogens is 3. The second-order valence-electron chi connectivity index (χ2n) is 6.89. The van der Waals surface area contributed by atoms with Crippen molar-refractivity contribution in [3.05, 3.63) is 71.1 Å². The second-order valence-corrected chi connectivity index (χ2v) is 8.98. The molecule has 0 amide bonds. The third-order valence-corrected chi connectivity index (χ3v) is 6.13. The van der Waals surface area contributed by atoms with Gasteiger partial charge in [-0.05, 0) is 30.3 Å². The summed E-state index contributed by atoms with van der Waals surface area (Å²) in [6.45, 7) is 4.39. The van der Waals surface area contributed by atoms with Crippen molar-refractivity contribution in [2.75, 3.05) is 35.0 Å². The van der Waals surface area contributed by atoms with E-state index in [9.17, 15) is 17.2 Å². The van der Waals surface area contributed by atoms with Crippen LogP contribution in [-0.2, 0) is 16.6 Å². The molecule has 0 saturated heterocycles. The number of anilines is 3. The van der Waals surface area contributed by atoms with Crippen LogP contribution in [0.1, 0.15) is 12.5 Å². The zero-order valence-electron chi connectivity index (χ0n) is 17.7. The summed E-state index contributed by atoms with van der Waals surface area (Å²) in [5.74, 6) is -2.15. The van der Waals surface area contributed by atoms with Crippen LogP contribution in [0.5, 0.6) is 0 Å². The van der Waals surface area contributed by atoms with E-state index in [1.807, 2.05) is 6.92 Å². The van der Waals surface area contributed by atoms with Gasteiger partial charge in [0.15, 0.2) is 5.82 Å². The maximum Gasteiger partial charge on any atom is 0.266 e. The van der Waals surface area contributed by atoms with Gasteiger partial charge in [-0.1, -0.05) is 24.6 Å². The number of aromatic nitrogens is 2. The molecule has 1 heterocycles. The van der Waals surface area contributed by atoms with E-state index >= 15 is 0 Å². The van der Waals surface area contributed by atoms with Crippen molar-refractivity contribution in [2.24, 2.45) is 0 Å². The van der Waals surface area contributed by atoms with Gasteiger partial charge in [-0.3, -0.25) is 9.71 Å². The first-order valence-corrected chi connectivity index (χ1v) is 11.9. The van der Waals surface area contributed by atoms with Gasteiger partial charge in [0.2, 0.25) is 0 Å². The van der Waals surface area contributed by atoms with E-state index in [0.29, 0.717) is 17.6 Å². The smallest absolute Gasteiger partial charge is 0.266 e. The lowest BCUT2D eigenvalue weighted by Crippen LogP contribution is -2.22. The van der Waals surface area contributed by atoms with Crippen LogP contribution >= 0.6 is 11.6 Å². The Balaban J connectivity index is 1.75. The number of nitrogens with zero attached hydrogens (tertiary/aromatic N) is 2. The van der Waals surface area contributed by atoms with E-state index < -0.39 is 26.6 Å². The molecule has 8 nitrogen and oxygen atoms in total. The molecule has 176 valence electrons. The van der Waals surface area contributed by atoms with E-state index in [1.54, 1.807) is 18.2 Å². The van der Waals surface area contributed by atoms with Gasteiger partial charge >= 0.3 is 0 Å². The minimum atomic E-state index is -4.40. The van der Waals surface area contributed by atoms with Crippen LogP contribution < -0.4 is 20.7 Å². The number of benzene rings is 2. The van der Waals surface area contributed by atoms with Gasteiger partial charge in [-0.25, -0.2) is 22.2 Å². The molecule has 0 bridgehead atoms. The van der Waals surface area contributed by atoms with Crippen LogP contribution in [0.15, 0.2) is 53.8 Å². The molecule has 4 N–H and O–H groups in total. The maximum absolute atomic E-state index is 14.7. The molecular formula is C21H23ClF2N6O2S. The van der Waals surface area contributed by atoms with Crippen molar-refractivity contribution in [2.45, 2.75) is 18.4 Å². The minimum absolute atomic E-state index is 0.114. The van der Waals surface area contributed by atoms with Crippen molar-refractivity contribution in [3.8, 4) is 0 Å². The Morgan fingerprint density at radius 1 is 1.00 bits per heavy atom. The van der Waals surface area contributed by atoms with Crippen LogP contribution in [0, 0.1) is 11.6 Å². The second kappa shape index (κ2) is 11.2. The number of nitrogens with one attached hydrogen (secondary N) is 4. The Hall–Kier alpha value is -3.02. The summed E-state index contributed by atoms with van der Waals surface area (Å²) >= 11 is 6.08. The molecule has 2 aromatic carbocycles.